The van der Waals surface area contributed by atoms with Crippen molar-refractivity contribution in [3.63, 3.8) is 0 Å². The topological polar surface area (TPSA) is 48.1 Å². The van der Waals surface area contributed by atoms with Crippen LogP contribution in [0.2, 0.25) is 5.02 Å². The fourth-order valence-corrected chi connectivity index (χ4v) is 2.66. The highest BCUT2D eigenvalue weighted by molar-refractivity contribution is 9.10. The molecule has 21 heavy (non-hydrogen) atoms. The van der Waals surface area contributed by atoms with Crippen LogP contribution in [0.15, 0.2) is 47.1 Å². The number of fused-ring (bicyclic) bond motifs is 1. The van der Waals surface area contributed by atoms with Crippen molar-refractivity contribution in [1.82, 2.24) is 4.98 Å². The summed E-state index contributed by atoms with van der Waals surface area (Å²) in [7, 11) is 0. The fraction of sp³-hybridized carbons (Fsp3) is 0. The minimum absolute atomic E-state index is 0.0184. The number of anilines is 1. The van der Waals surface area contributed by atoms with E-state index in [9.17, 15) is 4.39 Å². The lowest BCUT2D eigenvalue weighted by molar-refractivity contribution is 0.476. The van der Waals surface area contributed by atoms with Gasteiger partial charge >= 0.3 is 0 Å². The summed E-state index contributed by atoms with van der Waals surface area (Å²) in [6, 6.07) is 9.78. The molecule has 3 nitrogen and oxygen atoms in total. The number of nitrogens with zero attached hydrogens (tertiary/aromatic N) is 1. The molecule has 0 spiro atoms. The van der Waals surface area contributed by atoms with E-state index in [4.69, 9.17) is 22.1 Å². The van der Waals surface area contributed by atoms with Crippen molar-refractivity contribution in [2.75, 3.05) is 5.73 Å². The second-order valence-corrected chi connectivity index (χ2v) is 5.61. The van der Waals surface area contributed by atoms with Gasteiger partial charge in [0.05, 0.1) is 20.7 Å². The third-order valence-corrected chi connectivity index (χ3v) is 3.89. The van der Waals surface area contributed by atoms with Crippen molar-refractivity contribution < 1.29 is 9.13 Å². The molecule has 1 aromatic heterocycles. The highest BCUT2D eigenvalue weighted by Crippen LogP contribution is 2.37. The van der Waals surface area contributed by atoms with Crippen molar-refractivity contribution in [2.24, 2.45) is 0 Å². The van der Waals surface area contributed by atoms with Gasteiger partial charge in [-0.15, -0.1) is 0 Å². The van der Waals surface area contributed by atoms with E-state index in [0.29, 0.717) is 21.7 Å². The van der Waals surface area contributed by atoms with Gasteiger partial charge < -0.3 is 10.5 Å². The largest absolute Gasteiger partial charge is 0.454 e. The molecule has 0 saturated heterocycles. The molecule has 0 atom stereocenters. The maximum atomic E-state index is 13.5. The molecule has 0 amide bonds. The lowest BCUT2D eigenvalue weighted by Crippen LogP contribution is -1.95. The zero-order valence-corrected chi connectivity index (χ0v) is 13.0. The van der Waals surface area contributed by atoms with Crippen LogP contribution in [0, 0.1) is 5.82 Å². The lowest BCUT2D eigenvalue weighted by Gasteiger charge is -2.12. The van der Waals surface area contributed by atoms with Crippen LogP contribution in [0.5, 0.6) is 11.5 Å². The molecule has 2 N–H and O–H groups in total. The van der Waals surface area contributed by atoms with E-state index in [0.717, 1.165) is 10.9 Å². The summed E-state index contributed by atoms with van der Waals surface area (Å²) >= 11 is 8.99. The van der Waals surface area contributed by atoms with Gasteiger partial charge in [-0.1, -0.05) is 11.6 Å². The molecule has 1 heterocycles. The second kappa shape index (κ2) is 5.50. The second-order valence-electron chi connectivity index (χ2n) is 4.35. The van der Waals surface area contributed by atoms with E-state index < -0.39 is 5.82 Å². The van der Waals surface area contributed by atoms with Crippen LogP contribution in [-0.4, -0.2) is 4.98 Å². The minimum Gasteiger partial charge on any atom is -0.454 e. The van der Waals surface area contributed by atoms with E-state index in [1.54, 1.807) is 24.4 Å². The molecule has 0 fully saturated rings. The van der Waals surface area contributed by atoms with Crippen molar-refractivity contribution in [2.45, 2.75) is 0 Å². The van der Waals surface area contributed by atoms with Gasteiger partial charge in [-0.2, -0.15) is 0 Å². The number of rotatable bonds is 2. The molecular weight excluding hydrogens is 359 g/mol. The number of benzene rings is 2. The molecule has 2 aromatic carbocycles. The molecule has 0 aliphatic carbocycles. The van der Waals surface area contributed by atoms with Gasteiger partial charge in [0.2, 0.25) is 0 Å². The summed E-state index contributed by atoms with van der Waals surface area (Å²) in [6.07, 6.45) is 1.69. The van der Waals surface area contributed by atoms with Crippen LogP contribution in [0.3, 0.4) is 0 Å². The standard InChI is InChI=1S/C15H9BrClFN2O/c16-9-6-10(17)11(18)7-14(9)21-13-4-3-12-8(15(13)19)2-1-5-20-12/h1-7H,19H2. The molecule has 0 aliphatic heterocycles. The first-order valence-corrected chi connectivity index (χ1v) is 7.19. The smallest absolute Gasteiger partial charge is 0.151 e. The van der Waals surface area contributed by atoms with Crippen molar-refractivity contribution >= 4 is 44.1 Å². The van der Waals surface area contributed by atoms with Gasteiger partial charge in [0.15, 0.2) is 5.75 Å². The van der Waals surface area contributed by atoms with E-state index in [1.165, 1.54) is 12.1 Å². The van der Waals surface area contributed by atoms with Crippen molar-refractivity contribution in [3.8, 4) is 11.5 Å². The summed E-state index contributed by atoms with van der Waals surface area (Å²) in [6.45, 7) is 0. The van der Waals surface area contributed by atoms with Crippen molar-refractivity contribution in [1.29, 1.82) is 0 Å². The molecule has 3 aromatic rings. The third-order valence-electron chi connectivity index (χ3n) is 2.98. The average molecular weight is 368 g/mol. The van der Waals surface area contributed by atoms with Gasteiger partial charge in [-0.3, -0.25) is 4.98 Å². The van der Waals surface area contributed by atoms with Crippen molar-refractivity contribution in [3.05, 3.63) is 57.9 Å². The first-order valence-electron chi connectivity index (χ1n) is 6.02. The lowest BCUT2D eigenvalue weighted by atomic mass is 10.1. The minimum atomic E-state index is -0.559. The number of ether oxygens (including phenoxy) is 1. The van der Waals surface area contributed by atoms with Gasteiger partial charge in [-0.05, 0) is 46.3 Å². The number of hydrogen-bond donors (Lipinski definition) is 1. The molecule has 6 heteroatoms. The summed E-state index contributed by atoms with van der Waals surface area (Å²) in [5.74, 6) is 0.167. The van der Waals surface area contributed by atoms with Gasteiger partial charge in [-0.25, -0.2) is 4.39 Å². The quantitative estimate of drug-likeness (QED) is 0.502. The number of aromatic nitrogens is 1. The molecule has 0 radical (unpaired) electrons. The third kappa shape index (κ3) is 2.66. The molecule has 0 aliphatic rings. The normalized spacial score (nSPS) is 10.8. The van der Waals surface area contributed by atoms with E-state index >= 15 is 0 Å². The Kier molecular flexibility index (Phi) is 3.69. The Morgan fingerprint density at radius 2 is 2.00 bits per heavy atom. The Morgan fingerprint density at radius 1 is 1.19 bits per heavy atom. The summed E-state index contributed by atoms with van der Waals surface area (Å²) < 4.78 is 19.8. The highest BCUT2D eigenvalue weighted by Gasteiger charge is 2.12. The fourth-order valence-electron chi connectivity index (χ4n) is 1.95. The van der Waals surface area contributed by atoms with Gasteiger partial charge in [0.25, 0.3) is 0 Å². The Balaban J connectivity index is 2.06. The SMILES string of the molecule is Nc1c(Oc2cc(F)c(Cl)cc2Br)ccc2ncccc12. The molecule has 0 bridgehead atoms. The van der Waals surface area contributed by atoms with Crippen LogP contribution in [-0.2, 0) is 0 Å². The first-order chi connectivity index (χ1) is 10.1. The summed E-state index contributed by atoms with van der Waals surface area (Å²) in [5, 5.41) is 0.797. The molecule has 0 unspecified atom stereocenters. The van der Waals surface area contributed by atoms with E-state index in [2.05, 4.69) is 20.9 Å². The van der Waals surface area contributed by atoms with Crippen LogP contribution in [0.1, 0.15) is 0 Å². The van der Waals surface area contributed by atoms with Gasteiger partial charge in [0, 0.05) is 17.6 Å². The zero-order valence-electron chi connectivity index (χ0n) is 10.6. The molecule has 3 rings (SSSR count). The number of pyridine rings is 1. The summed E-state index contributed by atoms with van der Waals surface area (Å²) in [4.78, 5) is 4.21. The number of nitrogen functional groups attached to an aromatic ring is 1. The number of hydrogen-bond acceptors (Lipinski definition) is 3. The van der Waals surface area contributed by atoms with Gasteiger partial charge in [0.1, 0.15) is 11.6 Å². The Morgan fingerprint density at radius 3 is 2.81 bits per heavy atom. The molecule has 0 saturated carbocycles. The number of halogens is 3. The Hall–Kier alpha value is -1.85. The number of nitrogens with two attached hydrogens (primary N) is 1. The summed E-state index contributed by atoms with van der Waals surface area (Å²) in [5.41, 5.74) is 7.30. The maximum Gasteiger partial charge on any atom is 0.151 e. The van der Waals surface area contributed by atoms with Crippen LogP contribution >= 0.6 is 27.5 Å². The van der Waals surface area contributed by atoms with Crippen LogP contribution in [0.4, 0.5) is 10.1 Å². The molecular formula is C15H9BrClFN2O. The maximum absolute atomic E-state index is 13.5. The highest BCUT2D eigenvalue weighted by atomic mass is 79.9. The predicted molar refractivity (Wildman–Crippen MR) is 85.3 cm³/mol. The van der Waals surface area contributed by atoms with Crippen LogP contribution < -0.4 is 10.5 Å². The molecule has 106 valence electrons. The first kappa shape index (κ1) is 14.1. The monoisotopic (exact) mass is 366 g/mol. The Bertz CT molecular complexity index is 841. The predicted octanol–water partition coefficient (Wildman–Crippen LogP) is 5.16. The zero-order chi connectivity index (χ0) is 15.0. The van der Waals surface area contributed by atoms with Crippen LogP contribution in [0.25, 0.3) is 10.9 Å². The Labute approximate surface area is 133 Å². The van der Waals surface area contributed by atoms with E-state index in [1.807, 2.05) is 6.07 Å². The van der Waals surface area contributed by atoms with E-state index in [-0.39, 0.29) is 5.02 Å². The average Bonchev–Trinajstić information content (AvgIpc) is 2.48.